The first-order valence-electron chi connectivity index (χ1n) is 22.9. The monoisotopic (exact) mass is 854 g/mol. The van der Waals surface area contributed by atoms with Crippen LogP contribution in [0.2, 0.25) is 0 Å². The molecule has 0 spiro atoms. The number of benzene rings is 6. The summed E-state index contributed by atoms with van der Waals surface area (Å²) in [6.07, 6.45) is 8.03. The Morgan fingerprint density at radius 1 is 0.523 bits per heavy atom. The van der Waals surface area contributed by atoms with Crippen molar-refractivity contribution in [2.45, 2.75) is 106 Å². The van der Waals surface area contributed by atoms with E-state index in [0.29, 0.717) is 0 Å². The van der Waals surface area contributed by atoms with Crippen LogP contribution in [0.1, 0.15) is 101 Å². The van der Waals surface area contributed by atoms with Crippen LogP contribution in [0.15, 0.2) is 140 Å². The van der Waals surface area contributed by atoms with Gasteiger partial charge < -0.3 is 4.74 Å². The van der Waals surface area contributed by atoms with Crippen molar-refractivity contribution in [3.05, 3.63) is 185 Å². The Hall–Kier alpha value is -6.72. The van der Waals surface area contributed by atoms with E-state index in [1.807, 2.05) is 6.20 Å². The highest BCUT2D eigenvalue weighted by Gasteiger charge is 2.25. The maximum absolute atomic E-state index is 6.94. The van der Waals surface area contributed by atoms with Gasteiger partial charge in [-0.1, -0.05) is 117 Å². The molecule has 6 aromatic carbocycles. The lowest BCUT2D eigenvalue weighted by Crippen LogP contribution is -2.39. The lowest BCUT2D eigenvalue weighted by Gasteiger charge is -2.22. The summed E-state index contributed by atoms with van der Waals surface area (Å²) in [5.74, 6) is 2.42. The molecule has 0 N–H and O–H groups in total. The Morgan fingerprint density at radius 2 is 1.12 bits per heavy atom. The van der Waals surface area contributed by atoms with Gasteiger partial charge in [-0.15, -0.1) is 0 Å². The number of pyridine rings is 1. The maximum Gasteiger partial charge on any atom is 0.269 e. The van der Waals surface area contributed by atoms with Crippen LogP contribution in [-0.2, 0) is 16.2 Å². The Kier molecular flexibility index (Phi) is 10.8. The highest BCUT2D eigenvalue weighted by Crippen LogP contribution is 2.39. The van der Waals surface area contributed by atoms with Crippen LogP contribution in [0.3, 0.4) is 0 Å². The molecule has 0 saturated carbocycles. The van der Waals surface area contributed by atoms with Crippen LogP contribution in [-0.4, -0.2) is 14.1 Å². The van der Waals surface area contributed by atoms with E-state index in [9.17, 15) is 0 Å². The number of para-hydroxylation sites is 1. The SMILES string of the molecule is Cc1cccc(C)c1-c1cc(-c2c(C)cccc2C)cc(-[n+]2[c-]n(-c3cc(Oc4ccc5c6ccccc6n(-c6cc(C(C)(C)C)ccn6)c5c4)cc(C(C)(C)C)c3)cc2C(C)(C)C)c1. The number of imidazole rings is 1. The number of aromatic nitrogens is 4. The molecular formula is C60H62N4O. The maximum atomic E-state index is 6.94. The molecule has 0 fully saturated rings. The number of ether oxygens (including phenoxy) is 1. The summed E-state index contributed by atoms with van der Waals surface area (Å²) >= 11 is 0. The summed E-state index contributed by atoms with van der Waals surface area (Å²) in [6.45, 7) is 29.2. The molecule has 0 bridgehead atoms. The Morgan fingerprint density at radius 3 is 1.72 bits per heavy atom. The summed E-state index contributed by atoms with van der Waals surface area (Å²) in [6, 6.07) is 46.2. The van der Waals surface area contributed by atoms with Crippen molar-refractivity contribution >= 4 is 21.8 Å². The number of rotatable bonds is 7. The molecule has 0 saturated heterocycles. The molecule has 5 nitrogen and oxygen atoms in total. The second-order valence-corrected chi connectivity index (χ2v) is 21.1. The molecule has 328 valence electrons. The van der Waals surface area contributed by atoms with Gasteiger partial charge in [0.15, 0.2) is 0 Å². The summed E-state index contributed by atoms with van der Waals surface area (Å²) < 4.78 is 13.6. The molecule has 0 aliphatic carbocycles. The van der Waals surface area contributed by atoms with Crippen LogP contribution in [0.25, 0.3) is 61.3 Å². The number of fused-ring (bicyclic) bond motifs is 3. The molecule has 9 aromatic rings. The van der Waals surface area contributed by atoms with Gasteiger partial charge >= 0.3 is 0 Å². The second-order valence-electron chi connectivity index (χ2n) is 21.1. The minimum atomic E-state index is -0.203. The minimum Gasteiger partial charge on any atom is -0.458 e. The fourth-order valence-corrected chi connectivity index (χ4v) is 9.42. The summed E-state index contributed by atoms with van der Waals surface area (Å²) in [5.41, 5.74) is 17.4. The van der Waals surface area contributed by atoms with E-state index >= 15 is 0 Å². The smallest absolute Gasteiger partial charge is 0.269 e. The predicted molar refractivity (Wildman–Crippen MR) is 271 cm³/mol. The van der Waals surface area contributed by atoms with Crippen molar-refractivity contribution in [2.75, 3.05) is 0 Å². The summed E-state index contributed by atoms with van der Waals surface area (Å²) in [4.78, 5) is 4.91. The van der Waals surface area contributed by atoms with E-state index in [2.05, 4.69) is 244 Å². The van der Waals surface area contributed by atoms with E-state index < -0.39 is 0 Å². The lowest BCUT2D eigenvalue weighted by atomic mass is 9.86. The molecule has 65 heavy (non-hydrogen) atoms. The van der Waals surface area contributed by atoms with E-state index in [0.717, 1.165) is 50.8 Å². The fourth-order valence-electron chi connectivity index (χ4n) is 9.42. The van der Waals surface area contributed by atoms with E-state index in [1.54, 1.807) is 0 Å². The molecule has 0 aliphatic heterocycles. The number of aryl methyl sites for hydroxylation is 4. The Bertz CT molecular complexity index is 3170. The van der Waals surface area contributed by atoms with Gasteiger partial charge in [0.2, 0.25) is 0 Å². The molecule has 0 radical (unpaired) electrons. The van der Waals surface area contributed by atoms with Crippen molar-refractivity contribution in [2.24, 2.45) is 0 Å². The van der Waals surface area contributed by atoms with E-state index in [1.165, 1.54) is 61.0 Å². The third-order valence-electron chi connectivity index (χ3n) is 12.9. The molecule has 9 rings (SSSR count). The largest absolute Gasteiger partial charge is 0.458 e. The van der Waals surface area contributed by atoms with Gasteiger partial charge in [-0.05, 0) is 166 Å². The van der Waals surface area contributed by atoms with Gasteiger partial charge in [-0.2, -0.15) is 0 Å². The average Bonchev–Trinajstić information content (AvgIpc) is 3.84. The van der Waals surface area contributed by atoms with E-state index in [4.69, 9.17) is 9.72 Å². The van der Waals surface area contributed by atoms with Crippen LogP contribution >= 0.6 is 0 Å². The fraction of sp³-hybridized carbons (Fsp3) is 0.267. The molecule has 0 unspecified atom stereocenters. The summed E-state index contributed by atoms with van der Waals surface area (Å²) in [7, 11) is 0. The molecule has 0 atom stereocenters. The number of nitrogens with zero attached hydrogens (tertiary/aromatic N) is 4. The minimum absolute atomic E-state index is 0.0155. The number of hydrogen-bond donors (Lipinski definition) is 0. The zero-order valence-corrected chi connectivity index (χ0v) is 40.5. The standard InChI is InChI=1S/C60H62N4O/c1-38-18-16-19-39(2)56(38)42-28-43(57-40(3)20-17-21-41(57)4)30-47(29-42)63-37-62(36-54(63)60(11,12)13)46-31-45(59(8,9)10)32-49(34-46)65-48-24-25-51-50-22-14-15-23-52(50)64(53(51)35-48)55-33-44(26-27-61-55)58(5,6)7/h14-36H,1-13H3. The Labute approximate surface area is 386 Å². The first-order valence-corrected chi connectivity index (χ1v) is 22.9. The van der Waals surface area contributed by atoms with Gasteiger partial charge in [-0.25, -0.2) is 4.98 Å². The number of hydrogen-bond acceptors (Lipinski definition) is 2. The van der Waals surface area contributed by atoms with Crippen LogP contribution in [0, 0.1) is 34.0 Å². The van der Waals surface area contributed by atoms with Crippen molar-refractivity contribution in [1.82, 2.24) is 14.1 Å². The highest BCUT2D eigenvalue weighted by atomic mass is 16.5. The van der Waals surface area contributed by atoms with Crippen LogP contribution in [0.5, 0.6) is 11.5 Å². The zero-order valence-electron chi connectivity index (χ0n) is 40.5. The van der Waals surface area contributed by atoms with Crippen LogP contribution in [0.4, 0.5) is 0 Å². The third kappa shape index (κ3) is 8.29. The molecule has 3 aromatic heterocycles. The molecule has 0 aliphatic rings. The molecular weight excluding hydrogens is 793 g/mol. The predicted octanol–water partition coefficient (Wildman–Crippen LogP) is 15.3. The van der Waals surface area contributed by atoms with Gasteiger partial charge in [0.05, 0.1) is 28.1 Å². The normalized spacial score (nSPS) is 12.4. The first kappa shape index (κ1) is 43.5. The second kappa shape index (κ2) is 16.1. The van der Waals surface area contributed by atoms with Crippen molar-refractivity contribution in [3.8, 4) is 50.9 Å². The highest BCUT2D eigenvalue weighted by molar-refractivity contribution is 6.09. The van der Waals surface area contributed by atoms with Crippen molar-refractivity contribution in [3.63, 3.8) is 0 Å². The molecule has 3 heterocycles. The molecule has 0 amide bonds. The zero-order chi connectivity index (χ0) is 46.2. The third-order valence-corrected chi connectivity index (χ3v) is 12.9. The van der Waals surface area contributed by atoms with Crippen molar-refractivity contribution < 1.29 is 9.30 Å². The summed E-state index contributed by atoms with van der Waals surface area (Å²) in [5, 5.41) is 2.34. The van der Waals surface area contributed by atoms with Gasteiger partial charge in [-0.3, -0.25) is 13.7 Å². The lowest BCUT2D eigenvalue weighted by molar-refractivity contribution is -0.611. The Balaban J connectivity index is 1.19. The quantitative estimate of drug-likeness (QED) is 0.118. The first-order chi connectivity index (χ1) is 30.7. The van der Waals surface area contributed by atoms with E-state index in [-0.39, 0.29) is 16.2 Å². The van der Waals surface area contributed by atoms with Gasteiger partial charge in [0.25, 0.3) is 6.33 Å². The van der Waals surface area contributed by atoms with Gasteiger partial charge in [0, 0.05) is 29.2 Å². The molecule has 5 heteroatoms. The average molecular weight is 855 g/mol. The van der Waals surface area contributed by atoms with Gasteiger partial charge in [0.1, 0.15) is 17.3 Å². The van der Waals surface area contributed by atoms with Crippen molar-refractivity contribution in [1.29, 1.82) is 0 Å². The van der Waals surface area contributed by atoms with Crippen LogP contribution < -0.4 is 9.30 Å². The topological polar surface area (TPSA) is 35.9 Å².